The van der Waals surface area contributed by atoms with Crippen LogP contribution in [0.15, 0.2) is 12.2 Å². The van der Waals surface area contributed by atoms with Crippen LogP contribution in [0.3, 0.4) is 0 Å². The van der Waals surface area contributed by atoms with Gasteiger partial charge in [0, 0.05) is 12.5 Å². The van der Waals surface area contributed by atoms with Crippen LogP contribution >= 0.6 is 0 Å². The first kappa shape index (κ1) is 31.2. The lowest BCUT2D eigenvalue weighted by atomic mass is 9.43. The van der Waals surface area contributed by atoms with Crippen molar-refractivity contribution in [3.63, 3.8) is 0 Å². The molecule has 39 heavy (non-hydrogen) atoms. The molecule has 4 aliphatic rings. The van der Waals surface area contributed by atoms with Crippen molar-refractivity contribution in [3.8, 4) is 0 Å². The summed E-state index contributed by atoms with van der Waals surface area (Å²) in [6, 6.07) is 0.608. The Kier molecular flexibility index (Phi) is 10.8. The number of rotatable bonds is 14. The Bertz CT molecular complexity index is 831. The molecule has 224 valence electrons. The molecule has 0 bridgehead atoms. The number of unbranched alkanes of at least 4 members (excludes halogenated alkanes) is 1. The van der Waals surface area contributed by atoms with Gasteiger partial charge in [0.15, 0.2) is 5.78 Å². The third-order valence-electron chi connectivity index (χ3n) is 12.5. The van der Waals surface area contributed by atoms with Crippen LogP contribution in [-0.4, -0.2) is 49.2 Å². The number of ketones is 1. The van der Waals surface area contributed by atoms with Gasteiger partial charge in [-0.15, -0.1) is 0 Å². The first-order valence-electron chi connectivity index (χ1n) is 16.6. The third-order valence-corrected chi connectivity index (χ3v) is 12.5. The topological polar surface area (TPSA) is 87.4 Å². The second-order valence-corrected chi connectivity index (χ2v) is 14.8. The van der Waals surface area contributed by atoms with Crippen LogP contribution in [0.1, 0.15) is 111 Å². The molecule has 4 saturated carbocycles. The van der Waals surface area contributed by atoms with E-state index < -0.39 is 0 Å². The van der Waals surface area contributed by atoms with E-state index in [0.717, 1.165) is 45.4 Å². The number of carbonyl (C=O) groups is 1. The van der Waals surface area contributed by atoms with Crippen LogP contribution in [-0.2, 0) is 4.79 Å². The Labute approximate surface area is 239 Å². The number of Topliss-reactive ketones (excluding diaryl/α,β-unsaturated/α-hetero) is 1. The molecule has 5 N–H and O–H groups in total. The molecular weight excluding hydrogens is 482 g/mol. The van der Waals surface area contributed by atoms with Gasteiger partial charge in [0.25, 0.3) is 0 Å². The van der Waals surface area contributed by atoms with Crippen molar-refractivity contribution in [1.82, 2.24) is 10.6 Å². The molecule has 0 amide bonds. The zero-order valence-corrected chi connectivity index (χ0v) is 25.8. The van der Waals surface area contributed by atoms with Crippen LogP contribution in [0.5, 0.6) is 0 Å². The monoisotopic (exact) mass is 543 g/mol. The van der Waals surface area contributed by atoms with Gasteiger partial charge in [0.05, 0.1) is 6.10 Å². The molecule has 4 fully saturated rings. The van der Waals surface area contributed by atoms with Crippen LogP contribution in [0.25, 0.3) is 0 Å². The minimum atomic E-state index is -0.145. The van der Waals surface area contributed by atoms with Crippen molar-refractivity contribution >= 4 is 5.78 Å². The molecule has 0 aromatic heterocycles. The number of nitrogens with two attached hydrogens (primary N) is 1. The van der Waals surface area contributed by atoms with Gasteiger partial charge >= 0.3 is 0 Å². The number of allylic oxidation sites excluding steroid dienone is 1. The molecule has 1 unspecified atom stereocenters. The largest absolute Gasteiger partial charge is 0.393 e. The highest BCUT2D eigenvalue weighted by atomic mass is 16.3. The number of nitrogens with one attached hydrogen (secondary N) is 2. The molecule has 4 rings (SSSR count). The molecule has 0 aromatic rings. The zero-order chi connectivity index (χ0) is 28.2. The van der Waals surface area contributed by atoms with Crippen LogP contribution in [0.4, 0.5) is 0 Å². The second-order valence-electron chi connectivity index (χ2n) is 14.8. The molecule has 0 spiro atoms. The molecule has 0 aliphatic heterocycles. The lowest BCUT2D eigenvalue weighted by Crippen LogP contribution is -2.59. The van der Waals surface area contributed by atoms with E-state index in [0.29, 0.717) is 64.4 Å². The summed E-state index contributed by atoms with van der Waals surface area (Å²) in [4.78, 5) is 12.2. The summed E-state index contributed by atoms with van der Waals surface area (Å²) in [5.41, 5.74) is 6.97. The van der Waals surface area contributed by atoms with Crippen molar-refractivity contribution < 1.29 is 9.90 Å². The average molecular weight is 544 g/mol. The van der Waals surface area contributed by atoms with Crippen molar-refractivity contribution in [3.05, 3.63) is 12.2 Å². The fourth-order valence-electron chi connectivity index (χ4n) is 10.2. The van der Waals surface area contributed by atoms with Gasteiger partial charge in [-0.1, -0.05) is 27.4 Å². The van der Waals surface area contributed by atoms with E-state index in [1.807, 2.05) is 6.92 Å². The molecule has 0 saturated heterocycles. The Morgan fingerprint density at radius 3 is 2.46 bits per heavy atom. The molecule has 10 atom stereocenters. The number of aliphatic hydroxyl groups is 1. The fraction of sp³-hybridized carbons (Fsp3) is 0.912. The number of hydrogen-bond acceptors (Lipinski definition) is 5. The highest BCUT2D eigenvalue weighted by Crippen LogP contribution is 2.68. The second kappa shape index (κ2) is 13.5. The van der Waals surface area contributed by atoms with Crippen molar-refractivity contribution in [1.29, 1.82) is 0 Å². The maximum atomic E-state index is 12.2. The van der Waals surface area contributed by atoms with Gasteiger partial charge in [-0.2, -0.15) is 0 Å². The Hall–Kier alpha value is -0.750. The van der Waals surface area contributed by atoms with Gasteiger partial charge in [0.1, 0.15) is 0 Å². The molecule has 0 heterocycles. The molecule has 4 aliphatic carbocycles. The Balaban J connectivity index is 1.31. The van der Waals surface area contributed by atoms with Crippen molar-refractivity contribution in [2.24, 2.45) is 52.1 Å². The Morgan fingerprint density at radius 2 is 1.72 bits per heavy atom. The summed E-state index contributed by atoms with van der Waals surface area (Å²) >= 11 is 0. The number of hydrogen-bond donors (Lipinski definition) is 4. The minimum Gasteiger partial charge on any atom is -0.393 e. The summed E-state index contributed by atoms with van der Waals surface area (Å²) in [5, 5.41) is 19.1. The summed E-state index contributed by atoms with van der Waals surface area (Å²) in [7, 11) is 0. The first-order valence-corrected chi connectivity index (χ1v) is 16.6. The van der Waals surface area contributed by atoms with Gasteiger partial charge < -0.3 is 21.5 Å². The van der Waals surface area contributed by atoms with Gasteiger partial charge in [0.2, 0.25) is 0 Å². The molecule has 0 aromatic carbocycles. The lowest BCUT2D eigenvalue weighted by molar-refractivity contribution is -0.167. The SMILES string of the molecule is C=C(C)C(=O)CC[C@@H](C)C1CC[C@H]2[C@@H]3[C@H](O)C[C@H]4C[C@@H](NCCCNCCCCN)CC[C@]4(C)[C@H]3CC[C@]12C. The maximum absolute atomic E-state index is 12.2. The first-order chi connectivity index (χ1) is 18.6. The van der Waals surface area contributed by atoms with E-state index in [2.05, 4.69) is 38.0 Å². The van der Waals surface area contributed by atoms with E-state index in [1.54, 1.807) is 0 Å². The molecule has 5 heteroatoms. The maximum Gasteiger partial charge on any atom is 0.157 e. The van der Waals surface area contributed by atoms with E-state index in [-0.39, 0.29) is 11.9 Å². The molecule has 0 radical (unpaired) electrons. The molecule has 5 nitrogen and oxygen atoms in total. The Morgan fingerprint density at radius 1 is 1.00 bits per heavy atom. The quantitative estimate of drug-likeness (QED) is 0.163. The van der Waals surface area contributed by atoms with E-state index in [4.69, 9.17) is 5.73 Å². The van der Waals surface area contributed by atoms with Gasteiger partial charge in [-0.25, -0.2) is 0 Å². The summed E-state index contributed by atoms with van der Waals surface area (Å²) in [6.07, 6.45) is 14.9. The summed E-state index contributed by atoms with van der Waals surface area (Å²) < 4.78 is 0. The van der Waals surface area contributed by atoms with Crippen molar-refractivity contribution in [2.45, 2.75) is 123 Å². The summed E-state index contributed by atoms with van der Waals surface area (Å²) in [6.45, 7) is 17.3. The van der Waals surface area contributed by atoms with E-state index >= 15 is 0 Å². The number of carbonyl (C=O) groups excluding carboxylic acids is 1. The lowest BCUT2D eigenvalue weighted by Gasteiger charge is -2.62. The highest BCUT2D eigenvalue weighted by molar-refractivity contribution is 5.94. The fourth-order valence-corrected chi connectivity index (χ4v) is 10.2. The number of aliphatic hydroxyl groups excluding tert-OH is 1. The van der Waals surface area contributed by atoms with Gasteiger partial charge in [-0.05, 0) is 162 Å². The van der Waals surface area contributed by atoms with Crippen LogP contribution < -0.4 is 16.4 Å². The van der Waals surface area contributed by atoms with E-state index in [9.17, 15) is 9.90 Å². The van der Waals surface area contributed by atoms with Gasteiger partial charge in [-0.3, -0.25) is 4.79 Å². The summed E-state index contributed by atoms with van der Waals surface area (Å²) in [5.74, 6) is 3.88. The normalized spacial score (nSPS) is 40.4. The smallest absolute Gasteiger partial charge is 0.157 e. The van der Waals surface area contributed by atoms with Crippen molar-refractivity contribution in [2.75, 3.05) is 26.2 Å². The predicted molar refractivity (Wildman–Crippen MR) is 162 cm³/mol. The number of fused-ring (bicyclic) bond motifs is 5. The van der Waals surface area contributed by atoms with Crippen LogP contribution in [0, 0.1) is 46.3 Å². The third kappa shape index (κ3) is 6.68. The minimum absolute atomic E-state index is 0.145. The predicted octanol–water partition coefficient (Wildman–Crippen LogP) is 5.85. The van der Waals surface area contributed by atoms with Crippen LogP contribution in [0.2, 0.25) is 0 Å². The standard InChI is InChI=1S/C34H61N3O2/c1-23(2)30(38)12-9-24(3)27-10-11-28-32-29(14-16-34(27,28)5)33(4)15-13-26(21-25(33)22-31(32)39)37-20-8-19-36-18-7-6-17-35/h24-29,31-32,36-37,39H,1,6-22,35H2,2-5H3/t24-,25-,26+,27?,28+,29+,31-,32+,33+,34-/m1/s1. The highest BCUT2D eigenvalue weighted by Gasteiger charge is 2.62. The zero-order valence-electron chi connectivity index (χ0n) is 25.8. The molecular formula is C34H61N3O2. The van der Waals surface area contributed by atoms with E-state index in [1.165, 1.54) is 57.8 Å². The average Bonchev–Trinajstić information content (AvgIpc) is 3.26.